The standard InChI is InChI=1S/C26H29N3O3S2/c1-15-13-18(17(3)28(15)19-9-6-5-7-10-19)14-21-24(30)29-23(20-11-8-12-33-20)22(25(31)32-4)16(2)27-26(29)34-21/h8,11-14,19,23H,5-7,9-10H2,1-4H3. The van der Waals surface area contributed by atoms with Crippen LogP contribution >= 0.6 is 22.7 Å². The number of aromatic nitrogens is 2. The van der Waals surface area contributed by atoms with Crippen molar-refractivity contribution in [1.29, 1.82) is 0 Å². The second-order valence-corrected chi connectivity index (χ2v) is 11.1. The molecule has 0 bridgehead atoms. The number of carbonyl (C=O) groups is 1. The Balaban J connectivity index is 1.65. The number of carbonyl (C=O) groups excluding carboxylic acids is 1. The van der Waals surface area contributed by atoms with E-state index in [4.69, 9.17) is 4.74 Å². The van der Waals surface area contributed by atoms with Gasteiger partial charge in [-0.25, -0.2) is 9.79 Å². The molecule has 178 valence electrons. The molecule has 0 spiro atoms. The molecule has 1 fully saturated rings. The topological polar surface area (TPSA) is 65.6 Å². The number of thiazole rings is 1. The normalized spacial score (nSPS) is 19.3. The highest BCUT2D eigenvalue weighted by atomic mass is 32.1. The smallest absolute Gasteiger partial charge is 0.338 e. The van der Waals surface area contributed by atoms with E-state index in [0.29, 0.717) is 26.6 Å². The van der Waals surface area contributed by atoms with Crippen LogP contribution in [0.2, 0.25) is 0 Å². The van der Waals surface area contributed by atoms with E-state index in [0.717, 1.165) is 10.4 Å². The average Bonchev–Trinajstić information content (AvgIpc) is 3.53. The molecule has 0 aromatic carbocycles. The van der Waals surface area contributed by atoms with Crippen LogP contribution in [-0.2, 0) is 9.53 Å². The Bertz CT molecular complexity index is 1450. The van der Waals surface area contributed by atoms with Crippen LogP contribution < -0.4 is 14.9 Å². The maximum Gasteiger partial charge on any atom is 0.338 e. The van der Waals surface area contributed by atoms with E-state index in [2.05, 4.69) is 29.5 Å². The molecule has 4 heterocycles. The highest BCUT2D eigenvalue weighted by molar-refractivity contribution is 7.10. The minimum Gasteiger partial charge on any atom is -0.466 e. The zero-order valence-electron chi connectivity index (χ0n) is 20.0. The van der Waals surface area contributed by atoms with Crippen LogP contribution in [0, 0.1) is 13.8 Å². The first-order valence-electron chi connectivity index (χ1n) is 11.7. The van der Waals surface area contributed by atoms with E-state index in [1.54, 1.807) is 4.57 Å². The number of allylic oxidation sites excluding steroid dienone is 1. The molecule has 2 aliphatic rings. The molecule has 1 aliphatic heterocycles. The lowest BCUT2D eigenvalue weighted by atomic mass is 9.95. The van der Waals surface area contributed by atoms with E-state index in [-0.39, 0.29) is 5.56 Å². The molecule has 8 heteroatoms. The number of esters is 1. The fourth-order valence-corrected chi connectivity index (χ4v) is 7.26. The molecular formula is C26H29N3O3S2. The van der Waals surface area contributed by atoms with Crippen LogP contribution in [0.4, 0.5) is 0 Å². The van der Waals surface area contributed by atoms with Gasteiger partial charge in [-0.1, -0.05) is 36.7 Å². The summed E-state index contributed by atoms with van der Waals surface area (Å²) in [6, 6.07) is 6.08. The number of hydrogen-bond donors (Lipinski definition) is 0. The molecule has 3 aromatic rings. The second-order valence-electron chi connectivity index (χ2n) is 9.08. The van der Waals surface area contributed by atoms with Crippen molar-refractivity contribution in [2.75, 3.05) is 7.11 Å². The van der Waals surface area contributed by atoms with Crippen LogP contribution in [-0.4, -0.2) is 22.2 Å². The summed E-state index contributed by atoms with van der Waals surface area (Å²) < 4.78 is 9.80. The molecule has 0 saturated heterocycles. The van der Waals surface area contributed by atoms with Crippen molar-refractivity contribution in [1.82, 2.24) is 9.13 Å². The molecule has 1 atom stereocenters. The third kappa shape index (κ3) is 3.82. The highest BCUT2D eigenvalue weighted by Crippen LogP contribution is 2.34. The van der Waals surface area contributed by atoms with Gasteiger partial charge in [-0.2, -0.15) is 0 Å². The molecule has 0 radical (unpaired) electrons. The summed E-state index contributed by atoms with van der Waals surface area (Å²) in [6.45, 7) is 6.11. The van der Waals surface area contributed by atoms with Gasteiger partial charge < -0.3 is 9.30 Å². The van der Waals surface area contributed by atoms with Crippen LogP contribution in [0.15, 0.2) is 44.6 Å². The molecule has 34 heavy (non-hydrogen) atoms. The summed E-state index contributed by atoms with van der Waals surface area (Å²) >= 11 is 2.90. The zero-order chi connectivity index (χ0) is 24.0. The average molecular weight is 496 g/mol. The summed E-state index contributed by atoms with van der Waals surface area (Å²) in [7, 11) is 1.36. The van der Waals surface area contributed by atoms with Gasteiger partial charge in [0.25, 0.3) is 5.56 Å². The number of rotatable bonds is 4. The molecular weight excluding hydrogens is 466 g/mol. The summed E-state index contributed by atoms with van der Waals surface area (Å²) in [6.07, 6.45) is 8.31. The lowest BCUT2D eigenvalue weighted by Crippen LogP contribution is -2.39. The van der Waals surface area contributed by atoms with Crippen molar-refractivity contribution in [2.24, 2.45) is 4.99 Å². The quantitative estimate of drug-likeness (QED) is 0.504. The molecule has 1 aliphatic carbocycles. The van der Waals surface area contributed by atoms with E-state index < -0.39 is 12.0 Å². The largest absolute Gasteiger partial charge is 0.466 e. The van der Waals surface area contributed by atoms with Crippen molar-refractivity contribution in [3.05, 3.63) is 76.4 Å². The summed E-state index contributed by atoms with van der Waals surface area (Å²) in [5.41, 5.74) is 4.40. The minimum atomic E-state index is -0.527. The fraction of sp³-hybridized carbons (Fsp3) is 0.423. The predicted molar refractivity (Wildman–Crippen MR) is 136 cm³/mol. The van der Waals surface area contributed by atoms with Crippen molar-refractivity contribution >= 4 is 34.7 Å². The molecule has 5 rings (SSSR count). The Morgan fingerprint density at radius 1 is 1.18 bits per heavy atom. The maximum absolute atomic E-state index is 13.7. The lowest BCUT2D eigenvalue weighted by Gasteiger charge is -2.26. The maximum atomic E-state index is 13.7. The number of aryl methyl sites for hydroxylation is 1. The lowest BCUT2D eigenvalue weighted by molar-refractivity contribution is -0.136. The van der Waals surface area contributed by atoms with Gasteiger partial charge in [0.15, 0.2) is 4.80 Å². The van der Waals surface area contributed by atoms with Gasteiger partial charge in [-0.15, -0.1) is 11.3 Å². The van der Waals surface area contributed by atoms with Crippen LogP contribution in [0.5, 0.6) is 0 Å². The van der Waals surface area contributed by atoms with E-state index in [9.17, 15) is 9.59 Å². The Morgan fingerprint density at radius 3 is 2.62 bits per heavy atom. The Morgan fingerprint density at radius 2 is 1.94 bits per heavy atom. The summed E-state index contributed by atoms with van der Waals surface area (Å²) in [5.74, 6) is -0.454. The fourth-order valence-electron chi connectivity index (χ4n) is 5.40. The number of thiophene rings is 1. The van der Waals surface area contributed by atoms with Crippen LogP contribution in [0.3, 0.4) is 0 Å². The first-order valence-corrected chi connectivity index (χ1v) is 13.4. The van der Waals surface area contributed by atoms with Crippen molar-refractivity contribution in [3.8, 4) is 0 Å². The number of nitrogens with zero attached hydrogens (tertiary/aromatic N) is 3. The Kier molecular flexibility index (Phi) is 6.20. The van der Waals surface area contributed by atoms with E-state index in [1.807, 2.05) is 30.5 Å². The van der Waals surface area contributed by atoms with Crippen LogP contribution in [0.25, 0.3) is 6.08 Å². The van der Waals surface area contributed by atoms with E-state index in [1.165, 1.54) is 73.3 Å². The third-order valence-corrected chi connectivity index (χ3v) is 8.90. The molecule has 1 unspecified atom stereocenters. The SMILES string of the molecule is COC(=O)C1=C(C)N=c2sc(=Cc3cc(C)n(C4CCCCC4)c3C)c(=O)n2C1c1cccs1. The van der Waals surface area contributed by atoms with Gasteiger partial charge in [0, 0.05) is 22.3 Å². The van der Waals surface area contributed by atoms with Gasteiger partial charge in [-0.3, -0.25) is 9.36 Å². The molecule has 6 nitrogen and oxygen atoms in total. The summed E-state index contributed by atoms with van der Waals surface area (Å²) in [5, 5.41) is 1.95. The van der Waals surface area contributed by atoms with Crippen molar-refractivity contribution in [2.45, 2.75) is 65.0 Å². The van der Waals surface area contributed by atoms with Crippen LogP contribution in [0.1, 0.15) is 72.9 Å². The Hall–Kier alpha value is -2.71. The van der Waals surface area contributed by atoms with Gasteiger partial charge in [0.2, 0.25) is 0 Å². The van der Waals surface area contributed by atoms with Crippen molar-refractivity contribution < 1.29 is 9.53 Å². The monoisotopic (exact) mass is 495 g/mol. The van der Waals surface area contributed by atoms with Gasteiger partial charge in [0.05, 0.1) is 22.9 Å². The van der Waals surface area contributed by atoms with E-state index >= 15 is 0 Å². The molecule has 0 N–H and O–H groups in total. The number of hydrogen-bond acceptors (Lipinski definition) is 6. The Labute approximate surface area is 206 Å². The van der Waals surface area contributed by atoms with Crippen molar-refractivity contribution in [3.63, 3.8) is 0 Å². The highest BCUT2D eigenvalue weighted by Gasteiger charge is 2.33. The zero-order valence-corrected chi connectivity index (χ0v) is 21.6. The summed E-state index contributed by atoms with van der Waals surface area (Å²) in [4.78, 5) is 32.5. The van der Waals surface area contributed by atoms with Gasteiger partial charge in [-0.05, 0) is 62.8 Å². The number of ether oxygens (including phenoxy) is 1. The molecule has 1 saturated carbocycles. The second kappa shape index (κ2) is 9.15. The minimum absolute atomic E-state index is 0.126. The third-order valence-electron chi connectivity index (χ3n) is 6.99. The molecule has 0 amide bonds. The first-order chi connectivity index (χ1) is 16.4. The predicted octanol–water partition coefficient (Wildman–Crippen LogP) is 4.39. The first kappa shape index (κ1) is 23.1. The van der Waals surface area contributed by atoms with Gasteiger partial charge >= 0.3 is 5.97 Å². The molecule has 3 aromatic heterocycles. The number of fused-ring (bicyclic) bond motifs is 1. The number of methoxy groups -OCH3 is 1. The van der Waals surface area contributed by atoms with Gasteiger partial charge in [0.1, 0.15) is 6.04 Å².